The molecule has 8 heteroatoms. The molecule has 0 bridgehead atoms. The molecule has 1 heterocycles. The van der Waals surface area contributed by atoms with E-state index in [1.54, 1.807) is 6.07 Å². The van der Waals surface area contributed by atoms with Crippen LogP contribution in [0.2, 0.25) is 5.02 Å². The Morgan fingerprint density at radius 3 is 2.70 bits per heavy atom. The Labute approximate surface area is 129 Å². The molecule has 0 aliphatic heterocycles. The van der Waals surface area contributed by atoms with Gasteiger partial charge in [0, 0.05) is 10.7 Å². The number of hydrogen-bond donors (Lipinski definition) is 2. The number of anilines is 1. The van der Waals surface area contributed by atoms with E-state index in [9.17, 15) is 8.42 Å². The normalized spacial score (nSPS) is 11.3. The summed E-state index contributed by atoms with van der Waals surface area (Å²) in [5.74, 6) is 0.0623. The zero-order valence-corrected chi connectivity index (χ0v) is 13.2. The summed E-state index contributed by atoms with van der Waals surface area (Å²) in [6.45, 7) is -0.168. The molecule has 0 aliphatic rings. The van der Waals surface area contributed by atoms with Gasteiger partial charge in [-0.25, -0.2) is 13.4 Å². The van der Waals surface area contributed by atoms with Crippen LogP contribution in [0.5, 0.6) is 0 Å². The van der Waals surface area contributed by atoms with E-state index in [0.29, 0.717) is 10.0 Å². The van der Waals surface area contributed by atoms with Gasteiger partial charge >= 0.3 is 0 Å². The van der Waals surface area contributed by atoms with E-state index in [1.807, 2.05) is 0 Å². The number of aliphatic hydroxyl groups excluding tert-OH is 1. The van der Waals surface area contributed by atoms with E-state index >= 15 is 0 Å². The van der Waals surface area contributed by atoms with Crippen molar-refractivity contribution in [2.75, 3.05) is 4.72 Å². The van der Waals surface area contributed by atoms with Crippen molar-refractivity contribution in [3.63, 3.8) is 0 Å². The lowest BCUT2D eigenvalue weighted by atomic mass is 10.2. The lowest BCUT2D eigenvalue weighted by Crippen LogP contribution is -2.15. The number of nitrogens with one attached hydrogen (secondary N) is 1. The van der Waals surface area contributed by atoms with Gasteiger partial charge in [-0.1, -0.05) is 17.7 Å². The van der Waals surface area contributed by atoms with Gasteiger partial charge in [-0.2, -0.15) is 0 Å². The summed E-state index contributed by atoms with van der Waals surface area (Å²) in [7, 11) is -3.82. The van der Waals surface area contributed by atoms with Crippen LogP contribution in [0.4, 0.5) is 5.82 Å². The SMILES string of the molecule is O=S(=O)(Nc1ncccc1Cl)c1ccc(CO)cc1Br. The van der Waals surface area contributed by atoms with Gasteiger partial charge in [0.2, 0.25) is 0 Å². The zero-order chi connectivity index (χ0) is 14.8. The van der Waals surface area contributed by atoms with Crippen molar-refractivity contribution >= 4 is 43.4 Å². The third kappa shape index (κ3) is 3.29. The maximum atomic E-state index is 12.3. The first-order chi connectivity index (χ1) is 9.44. The molecule has 0 saturated carbocycles. The summed E-state index contributed by atoms with van der Waals surface area (Å²) < 4.78 is 27.2. The minimum Gasteiger partial charge on any atom is -0.392 e. The van der Waals surface area contributed by atoms with Crippen molar-refractivity contribution in [2.45, 2.75) is 11.5 Å². The van der Waals surface area contributed by atoms with E-state index in [1.165, 1.54) is 30.5 Å². The molecule has 106 valence electrons. The number of nitrogens with zero attached hydrogens (tertiary/aromatic N) is 1. The minimum atomic E-state index is -3.82. The van der Waals surface area contributed by atoms with E-state index in [2.05, 4.69) is 25.6 Å². The number of pyridine rings is 1. The molecule has 0 aliphatic carbocycles. The highest BCUT2D eigenvalue weighted by Crippen LogP contribution is 2.27. The Morgan fingerprint density at radius 2 is 2.10 bits per heavy atom. The Morgan fingerprint density at radius 1 is 1.35 bits per heavy atom. The topological polar surface area (TPSA) is 79.3 Å². The van der Waals surface area contributed by atoms with Gasteiger partial charge < -0.3 is 5.11 Å². The van der Waals surface area contributed by atoms with Crippen LogP contribution in [0.1, 0.15) is 5.56 Å². The summed E-state index contributed by atoms with van der Waals surface area (Å²) >= 11 is 9.04. The van der Waals surface area contributed by atoms with Crippen LogP contribution in [0.15, 0.2) is 45.9 Å². The standard InChI is InChI=1S/C12H10BrClN2O3S/c13-9-6-8(7-17)3-4-11(9)20(18,19)16-12-10(14)2-1-5-15-12/h1-6,17H,7H2,(H,15,16). The van der Waals surface area contributed by atoms with E-state index in [4.69, 9.17) is 16.7 Å². The fourth-order valence-electron chi connectivity index (χ4n) is 1.50. The molecular weight excluding hydrogens is 368 g/mol. The number of hydrogen-bond acceptors (Lipinski definition) is 4. The molecule has 0 fully saturated rings. The molecule has 20 heavy (non-hydrogen) atoms. The largest absolute Gasteiger partial charge is 0.392 e. The van der Waals surface area contributed by atoms with Crippen molar-refractivity contribution in [1.29, 1.82) is 0 Å². The van der Waals surface area contributed by atoms with Crippen LogP contribution in [0.3, 0.4) is 0 Å². The number of benzene rings is 1. The van der Waals surface area contributed by atoms with Crippen LogP contribution >= 0.6 is 27.5 Å². The predicted molar refractivity (Wildman–Crippen MR) is 80.1 cm³/mol. The Bertz CT molecular complexity index is 737. The second kappa shape index (κ2) is 6.09. The molecule has 0 atom stereocenters. The van der Waals surface area contributed by atoms with Crippen molar-refractivity contribution < 1.29 is 13.5 Å². The molecule has 0 saturated heterocycles. The van der Waals surface area contributed by atoms with Crippen molar-refractivity contribution in [2.24, 2.45) is 0 Å². The van der Waals surface area contributed by atoms with E-state index in [0.717, 1.165) is 0 Å². The number of rotatable bonds is 4. The van der Waals surface area contributed by atoms with Gasteiger partial charge in [-0.15, -0.1) is 0 Å². The smallest absolute Gasteiger partial charge is 0.264 e. The van der Waals surface area contributed by atoms with Crippen LogP contribution in [0.25, 0.3) is 0 Å². The lowest BCUT2D eigenvalue weighted by molar-refractivity contribution is 0.281. The first-order valence-corrected chi connectivity index (χ1v) is 8.12. The monoisotopic (exact) mass is 376 g/mol. The van der Waals surface area contributed by atoms with Gasteiger partial charge in [0.25, 0.3) is 10.0 Å². The van der Waals surface area contributed by atoms with Crippen molar-refractivity contribution in [3.8, 4) is 0 Å². The van der Waals surface area contributed by atoms with Crippen LogP contribution < -0.4 is 4.72 Å². The van der Waals surface area contributed by atoms with E-state index in [-0.39, 0.29) is 22.3 Å². The minimum absolute atomic E-state index is 0.0384. The Balaban J connectivity index is 2.39. The molecule has 2 rings (SSSR count). The van der Waals surface area contributed by atoms with Gasteiger partial charge in [-0.3, -0.25) is 4.72 Å². The predicted octanol–water partition coefficient (Wildman–Crippen LogP) is 2.79. The molecule has 0 unspecified atom stereocenters. The highest BCUT2D eigenvalue weighted by molar-refractivity contribution is 9.10. The molecule has 0 radical (unpaired) electrons. The van der Waals surface area contributed by atoms with Gasteiger partial charge in [-0.05, 0) is 45.8 Å². The molecule has 0 spiro atoms. The summed E-state index contributed by atoms with van der Waals surface area (Å²) in [4.78, 5) is 3.91. The van der Waals surface area contributed by atoms with Crippen molar-refractivity contribution in [1.82, 2.24) is 4.98 Å². The van der Waals surface area contributed by atoms with E-state index < -0.39 is 10.0 Å². The van der Waals surface area contributed by atoms with Gasteiger partial charge in [0.05, 0.1) is 11.6 Å². The molecule has 2 aromatic rings. The maximum absolute atomic E-state index is 12.3. The third-order valence-electron chi connectivity index (χ3n) is 2.46. The molecule has 2 N–H and O–H groups in total. The second-order valence-electron chi connectivity index (χ2n) is 3.86. The average molecular weight is 378 g/mol. The van der Waals surface area contributed by atoms with Crippen LogP contribution in [-0.2, 0) is 16.6 Å². The maximum Gasteiger partial charge on any atom is 0.264 e. The molecule has 5 nitrogen and oxygen atoms in total. The number of aliphatic hydroxyl groups is 1. The fourth-order valence-corrected chi connectivity index (χ4v) is 3.88. The number of halogens is 2. The summed E-state index contributed by atoms with van der Waals surface area (Å²) in [5, 5.41) is 9.22. The zero-order valence-electron chi connectivity index (χ0n) is 10.0. The molecule has 1 aromatic heterocycles. The Kier molecular flexibility index (Phi) is 4.64. The first kappa shape index (κ1) is 15.2. The highest BCUT2D eigenvalue weighted by Gasteiger charge is 2.19. The van der Waals surface area contributed by atoms with Gasteiger partial charge in [0.15, 0.2) is 5.82 Å². The Hall–Kier alpha value is -1.15. The molecule has 0 amide bonds. The second-order valence-corrected chi connectivity index (χ2v) is 6.77. The molecule has 1 aromatic carbocycles. The highest BCUT2D eigenvalue weighted by atomic mass is 79.9. The quantitative estimate of drug-likeness (QED) is 0.858. The lowest BCUT2D eigenvalue weighted by Gasteiger charge is -2.10. The number of sulfonamides is 1. The summed E-state index contributed by atoms with van der Waals surface area (Å²) in [5.41, 5.74) is 0.603. The van der Waals surface area contributed by atoms with Crippen molar-refractivity contribution in [3.05, 3.63) is 51.6 Å². The van der Waals surface area contributed by atoms with Crippen LogP contribution in [0, 0.1) is 0 Å². The number of aromatic nitrogens is 1. The molecular formula is C12H10BrClN2O3S. The fraction of sp³-hybridized carbons (Fsp3) is 0.0833. The van der Waals surface area contributed by atoms with Crippen LogP contribution in [-0.4, -0.2) is 18.5 Å². The summed E-state index contributed by atoms with van der Waals surface area (Å²) in [6, 6.07) is 7.60. The van der Waals surface area contributed by atoms with Gasteiger partial charge in [0.1, 0.15) is 4.90 Å². The average Bonchev–Trinajstić information content (AvgIpc) is 2.40. The third-order valence-corrected chi connectivity index (χ3v) is 5.08. The first-order valence-electron chi connectivity index (χ1n) is 5.46. The summed E-state index contributed by atoms with van der Waals surface area (Å²) in [6.07, 6.45) is 1.44.